The summed E-state index contributed by atoms with van der Waals surface area (Å²) in [5.74, 6) is 1.20. The Kier molecular flexibility index (Phi) is 2.74. The van der Waals surface area contributed by atoms with Crippen molar-refractivity contribution in [2.24, 2.45) is 5.92 Å². The van der Waals surface area contributed by atoms with Gasteiger partial charge in [-0.05, 0) is 6.42 Å². The lowest BCUT2D eigenvalue weighted by atomic mass is 9.92. The Morgan fingerprint density at radius 1 is 1.33 bits per heavy atom. The molecule has 0 N–H and O–H groups in total. The molecule has 0 heterocycles. The van der Waals surface area contributed by atoms with Crippen LogP contribution in [-0.4, -0.2) is 20.0 Å². The molecule has 1 atom stereocenters. The second-order valence-electron chi connectivity index (χ2n) is 2.96. The second kappa shape index (κ2) is 3.61. The Balaban J connectivity index is 2.92. The number of rotatable bonds is 2. The van der Waals surface area contributed by atoms with Crippen molar-refractivity contribution in [3.05, 3.63) is 11.5 Å². The molecule has 0 aromatic heterocycles. The number of carbonyl (C=O) groups excluding carboxylic acids is 1. The van der Waals surface area contributed by atoms with Gasteiger partial charge in [-0.25, -0.2) is 0 Å². The summed E-state index contributed by atoms with van der Waals surface area (Å²) in [6.45, 7) is 1.91. The third-order valence-electron chi connectivity index (χ3n) is 2.18. The summed E-state index contributed by atoms with van der Waals surface area (Å²) in [6.07, 6.45) is 1.65. The lowest BCUT2D eigenvalue weighted by Gasteiger charge is -2.21. The number of hydrogen-bond acceptors (Lipinski definition) is 3. The molecule has 1 aliphatic carbocycles. The highest BCUT2D eigenvalue weighted by molar-refractivity contribution is 5.96. The number of allylic oxidation sites excluding steroid dienone is 2. The summed E-state index contributed by atoms with van der Waals surface area (Å²) >= 11 is 0. The molecule has 0 saturated carbocycles. The largest absolute Gasteiger partial charge is 0.497 e. The van der Waals surface area contributed by atoms with E-state index in [4.69, 9.17) is 9.47 Å². The first-order valence-corrected chi connectivity index (χ1v) is 4.06. The van der Waals surface area contributed by atoms with Crippen molar-refractivity contribution < 1.29 is 14.3 Å². The minimum Gasteiger partial charge on any atom is -0.497 e. The fourth-order valence-corrected chi connectivity index (χ4v) is 1.36. The smallest absolute Gasteiger partial charge is 0.203 e. The third kappa shape index (κ3) is 1.44. The summed E-state index contributed by atoms with van der Waals surface area (Å²) in [7, 11) is 3.07. The van der Waals surface area contributed by atoms with Crippen LogP contribution < -0.4 is 0 Å². The quantitative estimate of drug-likeness (QED) is 0.629. The fraction of sp³-hybridized carbons (Fsp3) is 0.667. The molecule has 0 bridgehead atoms. The van der Waals surface area contributed by atoms with Gasteiger partial charge < -0.3 is 9.47 Å². The topological polar surface area (TPSA) is 35.5 Å². The molecule has 3 nitrogen and oxygen atoms in total. The lowest BCUT2D eigenvalue weighted by molar-refractivity contribution is -0.123. The van der Waals surface area contributed by atoms with Gasteiger partial charge in [0, 0.05) is 12.3 Å². The zero-order valence-electron chi connectivity index (χ0n) is 7.72. The van der Waals surface area contributed by atoms with Gasteiger partial charge in [-0.3, -0.25) is 4.79 Å². The van der Waals surface area contributed by atoms with E-state index < -0.39 is 0 Å². The molecule has 1 aliphatic rings. The highest BCUT2D eigenvalue weighted by Crippen LogP contribution is 2.26. The fourth-order valence-electron chi connectivity index (χ4n) is 1.36. The van der Waals surface area contributed by atoms with Crippen LogP contribution in [0, 0.1) is 5.92 Å². The molecule has 68 valence electrons. The van der Waals surface area contributed by atoms with Gasteiger partial charge >= 0.3 is 0 Å². The van der Waals surface area contributed by atoms with Crippen molar-refractivity contribution in [3.8, 4) is 0 Å². The predicted octanol–water partition coefficient (Wildman–Crippen LogP) is 1.49. The molecule has 0 aliphatic heterocycles. The Morgan fingerprint density at radius 3 is 2.50 bits per heavy atom. The molecule has 0 fully saturated rings. The maximum Gasteiger partial charge on any atom is 0.203 e. The summed E-state index contributed by atoms with van der Waals surface area (Å²) in [5, 5.41) is 0. The van der Waals surface area contributed by atoms with Crippen molar-refractivity contribution in [2.75, 3.05) is 14.2 Å². The van der Waals surface area contributed by atoms with Gasteiger partial charge in [0.25, 0.3) is 0 Å². The number of carbonyl (C=O) groups is 1. The Bertz CT molecular complexity index is 218. The van der Waals surface area contributed by atoms with Crippen molar-refractivity contribution >= 4 is 5.78 Å². The molecule has 0 radical (unpaired) electrons. The Labute approximate surface area is 72.4 Å². The van der Waals surface area contributed by atoms with Gasteiger partial charge in [0.2, 0.25) is 5.78 Å². The molecule has 12 heavy (non-hydrogen) atoms. The van der Waals surface area contributed by atoms with Crippen LogP contribution in [0.15, 0.2) is 11.5 Å². The van der Waals surface area contributed by atoms with E-state index in [1.807, 2.05) is 6.92 Å². The minimum absolute atomic E-state index is 0.0561. The van der Waals surface area contributed by atoms with Crippen molar-refractivity contribution in [2.45, 2.75) is 19.8 Å². The normalized spacial score (nSPS) is 24.2. The highest BCUT2D eigenvalue weighted by atomic mass is 16.5. The highest BCUT2D eigenvalue weighted by Gasteiger charge is 2.28. The third-order valence-corrected chi connectivity index (χ3v) is 2.18. The Morgan fingerprint density at radius 2 is 2.00 bits per heavy atom. The van der Waals surface area contributed by atoms with Crippen molar-refractivity contribution in [3.63, 3.8) is 0 Å². The lowest BCUT2D eigenvalue weighted by Crippen LogP contribution is -2.22. The maximum atomic E-state index is 11.5. The number of ether oxygens (including phenoxy) is 2. The molecule has 3 heteroatoms. The zero-order chi connectivity index (χ0) is 9.14. The summed E-state index contributed by atoms with van der Waals surface area (Å²) < 4.78 is 10.0. The monoisotopic (exact) mass is 170 g/mol. The van der Waals surface area contributed by atoms with E-state index in [0.717, 1.165) is 12.8 Å². The van der Waals surface area contributed by atoms with E-state index in [2.05, 4.69) is 0 Å². The summed E-state index contributed by atoms with van der Waals surface area (Å²) in [6, 6.07) is 0. The van der Waals surface area contributed by atoms with E-state index in [-0.39, 0.29) is 11.7 Å². The van der Waals surface area contributed by atoms with Crippen LogP contribution in [0.5, 0.6) is 0 Å². The average Bonchev–Trinajstić information content (AvgIpc) is 2.09. The van der Waals surface area contributed by atoms with Crippen LogP contribution in [0.2, 0.25) is 0 Å². The van der Waals surface area contributed by atoms with Crippen molar-refractivity contribution in [1.82, 2.24) is 0 Å². The first-order chi connectivity index (χ1) is 5.70. The zero-order valence-corrected chi connectivity index (χ0v) is 7.72. The standard InChI is InChI=1S/C9H14O3/c1-6-4-5-7(11-2)9(12-3)8(6)10/h6H,4-5H2,1-3H3. The van der Waals surface area contributed by atoms with Crippen LogP contribution in [0.1, 0.15) is 19.8 Å². The van der Waals surface area contributed by atoms with E-state index >= 15 is 0 Å². The van der Waals surface area contributed by atoms with Gasteiger partial charge in [-0.2, -0.15) is 0 Å². The molecule has 0 amide bonds. The first kappa shape index (κ1) is 9.10. The summed E-state index contributed by atoms with van der Waals surface area (Å²) in [5.41, 5.74) is 0. The van der Waals surface area contributed by atoms with Crippen LogP contribution in [-0.2, 0) is 14.3 Å². The minimum atomic E-state index is 0.0561. The molecular formula is C9H14O3. The Hall–Kier alpha value is -0.990. The average molecular weight is 170 g/mol. The van der Waals surface area contributed by atoms with Gasteiger partial charge in [0.1, 0.15) is 5.76 Å². The van der Waals surface area contributed by atoms with Gasteiger partial charge in [0.05, 0.1) is 14.2 Å². The summed E-state index contributed by atoms with van der Waals surface area (Å²) in [4.78, 5) is 11.5. The van der Waals surface area contributed by atoms with E-state index in [1.54, 1.807) is 7.11 Å². The van der Waals surface area contributed by atoms with Crippen LogP contribution >= 0.6 is 0 Å². The number of ketones is 1. The second-order valence-corrected chi connectivity index (χ2v) is 2.96. The van der Waals surface area contributed by atoms with Gasteiger partial charge in [-0.1, -0.05) is 6.92 Å². The van der Waals surface area contributed by atoms with Crippen LogP contribution in [0.4, 0.5) is 0 Å². The maximum absolute atomic E-state index is 11.5. The molecule has 0 spiro atoms. The molecule has 1 unspecified atom stereocenters. The molecule has 1 rings (SSSR count). The first-order valence-electron chi connectivity index (χ1n) is 4.06. The predicted molar refractivity (Wildman–Crippen MR) is 44.4 cm³/mol. The van der Waals surface area contributed by atoms with E-state index in [0.29, 0.717) is 11.5 Å². The number of hydrogen-bond donors (Lipinski definition) is 0. The van der Waals surface area contributed by atoms with Crippen LogP contribution in [0.25, 0.3) is 0 Å². The molecular weight excluding hydrogens is 156 g/mol. The number of Topliss-reactive ketones (excluding diaryl/α,β-unsaturated/α-hetero) is 1. The van der Waals surface area contributed by atoms with E-state index in [1.165, 1.54) is 7.11 Å². The van der Waals surface area contributed by atoms with Crippen molar-refractivity contribution in [1.29, 1.82) is 0 Å². The molecule has 0 aromatic rings. The van der Waals surface area contributed by atoms with Crippen LogP contribution in [0.3, 0.4) is 0 Å². The van der Waals surface area contributed by atoms with E-state index in [9.17, 15) is 4.79 Å². The van der Waals surface area contributed by atoms with Gasteiger partial charge in [0.15, 0.2) is 5.76 Å². The molecule has 0 aromatic carbocycles. The number of methoxy groups -OCH3 is 2. The molecule has 0 saturated heterocycles. The van der Waals surface area contributed by atoms with Gasteiger partial charge in [-0.15, -0.1) is 0 Å². The SMILES string of the molecule is COC1=C(OC)C(=O)C(C)CC1.